The van der Waals surface area contributed by atoms with Gasteiger partial charge in [0.1, 0.15) is 0 Å². The molecule has 0 unspecified atom stereocenters. The average molecular weight is 384 g/mol. The van der Waals surface area contributed by atoms with Gasteiger partial charge in [-0.1, -0.05) is 30.3 Å². The zero-order chi connectivity index (χ0) is 18.9. The molecule has 0 spiro atoms. The molecular weight excluding hydrogens is 358 g/mol. The van der Waals surface area contributed by atoms with Crippen LogP contribution in [0.5, 0.6) is 0 Å². The molecule has 0 aliphatic carbocycles. The minimum Gasteiger partial charge on any atom is -0.355 e. The molecule has 2 aromatic rings. The SMILES string of the molecule is O=C(CSCc1ccccc1)NCC1CCN(C(=O)c2cccnc2)CC1. The molecule has 2 amide bonds. The van der Waals surface area contributed by atoms with E-state index in [1.807, 2.05) is 23.1 Å². The largest absolute Gasteiger partial charge is 0.355 e. The van der Waals surface area contributed by atoms with E-state index in [9.17, 15) is 9.59 Å². The van der Waals surface area contributed by atoms with Crippen LogP contribution in [0.4, 0.5) is 0 Å². The number of amides is 2. The van der Waals surface area contributed by atoms with E-state index in [0.717, 1.165) is 31.7 Å². The lowest BCUT2D eigenvalue weighted by molar-refractivity contribution is -0.118. The first-order valence-corrected chi connectivity index (χ1v) is 10.5. The van der Waals surface area contributed by atoms with Crippen LogP contribution in [0.1, 0.15) is 28.8 Å². The molecule has 1 aliphatic heterocycles. The van der Waals surface area contributed by atoms with Crippen LogP contribution in [0.3, 0.4) is 0 Å². The molecule has 1 saturated heterocycles. The Morgan fingerprint density at radius 1 is 1.11 bits per heavy atom. The Morgan fingerprint density at radius 2 is 1.89 bits per heavy atom. The second-order valence-electron chi connectivity index (χ2n) is 6.76. The predicted molar refractivity (Wildman–Crippen MR) is 108 cm³/mol. The van der Waals surface area contributed by atoms with Crippen LogP contribution in [0.2, 0.25) is 0 Å². The number of nitrogens with zero attached hydrogens (tertiary/aromatic N) is 2. The van der Waals surface area contributed by atoms with Crippen molar-refractivity contribution in [3.8, 4) is 0 Å². The highest BCUT2D eigenvalue weighted by Gasteiger charge is 2.23. The van der Waals surface area contributed by atoms with E-state index in [4.69, 9.17) is 0 Å². The van der Waals surface area contributed by atoms with E-state index >= 15 is 0 Å². The Hall–Kier alpha value is -2.34. The third-order valence-electron chi connectivity index (χ3n) is 4.74. The monoisotopic (exact) mass is 383 g/mol. The molecule has 1 aromatic heterocycles. The number of aromatic nitrogens is 1. The molecule has 1 fully saturated rings. The molecule has 1 aromatic carbocycles. The van der Waals surface area contributed by atoms with E-state index < -0.39 is 0 Å². The molecule has 0 bridgehead atoms. The van der Waals surface area contributed by atoms with Crippen molar-refractivity contribution in [3.05, 3.63) is 66.0 Å². The van der Waals surface area contributed by atoms with Gasteiger partial charge in [0.05, 0.1) is 11.3 Å². The highest BCUT2D eigenvalue weighted by Crippen LogP contribution is 2.18. The lowest BCUT2D eigenvalue weighted by atomic mass is 9.96. The third-order valence-corrected chi connectivity index (χ3v) is 5.75. The predicted octanol–water partition coefficient (Wildman–Crippen LogP) is 2.98. The summed E-state index contributed by atoms with van der Waals surface area (Å²) in [6.07, 6.45) is 5.12. The first-order chi connectivity index (χ1) is 13.2. The number of piperidine rings is 1. The van der Waals surface area contributed by atoms with Gasteiger partial charge in [0, 0.05) is 37.8 Å². The van der Waals surface area contributed by atoms with Gasteiger partial charge in [0.25, 0.3) is 5.91 Å². The summed E-state index contributed by atoms with van der Waals surface area (Å²) >= 11 is 1.63. The Labute approximate surface area is 164 Å². The van der Waals surface area contributed by atoms with Crippen molar-refractivity contribution in [3.63, 3.8) is 0 Å². The van der Waals surface area contributed by atoms with Gasteiger partial charge in [0.15, 0.2) is 0 Å². The number of hydrogen-bond acceptors (Lipinski definition) is 4. The number of pyridine rings is 1. The van der Waals surface area contributed by atoms with Crippen molar-refractivity contribution in [2.75, 3.05) is 25.4 Å². The molecule has 27 heavy (non-hydrogen) atoms. The highest BCUT2D eigenvalue weighted by atomic mass is 32.2. The Kier molecular flexibility index (Phi) is 7.27. The van der Waals surface area contributed by atoms with Crippen molar-refractivity contribution in [1.82, 2.24) is 15.2 Å². The topological polar surface area (TPSA) is 62.3 Å². The van der Waals surface area contributed by atoms with Gasteiger partial charge in [-0.25, -0.2) is 0 Å². The molecule has 142 valence electrons. The van der Waals surface area contributed by atoms with Gasteiger partial charge in [0.2, 0.25) is 5.91 Å². The third kappa shape index (κ3) is 6.10. The van der Waals surface area contributed by atoms with E-state index in [-0.39, 0.29) is 11.8 Å². The van der Waals surface area contributed by atoms with Crippen molar-refractivity contribution < 1.29 is 9.59 Å². The first kappa shape index (κ1) is 19.4. The quantitative estimate of drug-likeness (QED) is 0.798. The van der Waals surface area contributed by atoms with Crippen LogP contribution in [0.25, 0.3) is 0 Å². The summed E-state index contributed by atoms with van der Waals surface area (Å²) in [6.45, 7) is 2.16. The molecule has 0 atom stereocenters. The normalized spacial score (nSPS) is 14.7. The minimum absolute atomic E-state index is 0.0443. The number of carbonyl (C=O) groups excluding carboxylic acids is 2. The molecule has 1 N–H and O–H groups in total. The van der Waals surface area contributed by atoms with Crippen LogP contribution in [0, 0.1) is 5.92 Å². The Bertz CT molecular complexity index is 732. The molecule has 3 rings (SSSR count). The smallest absolute Gasteiger partial charge is 0.255 e. The molecule has 6 heteroatoms. The molecular formula is C21H25N3O2S. The number of thioether (sulfide) groups is 1. The van der Waals surface area contributed by atoms with Gasteiger partial charge >= 0.3 is 0 Å². The second kappa shape index (κ2) is 10.1. The van der Waals surface area contributed by atoms with E-state index in [2.05, 4.69) is 22.4 Å². The number of benzene rings is 1. The van der Waals surface area contributed by atoms with Gasteiger partial charge in [-0.3, -0.25) is 14.6 Å². The summed E-state index contributed by atoms with van der Waals surface area (Å²) in [7, 11) is 0. The highest BCUT2D eigenvalue weighted by molar-refractivity contribution is 7.99. The lowest BCUT2D eigenvalue weighted by Gasteiger charge is -2.32. The van der Waals surface area contributed by atoms with Gasteiger partial charge in [-0.05, 0) is 36.5 Å². The summed E-state index contributed by atoms with van der Waals surface area (Å²) in [5.74, 6) is 1.90. The van der Waals surface area contributed by atoms with Crippen LogP contribution in [0.15, 0.2) is 54.9 Å². The molecule has 2 heterocycles. The van der Waals surface area contributed by atoms with Crippen molar-refractivity contribution in [2.45, 2.75) is 18.6 Å². The summed E-state index contributed by atoms with van der Waals surface area (Å²) in [5, 5.41) is 3.04. The standard InChI is InChI=1S/C21H25N3O2S/c25-20(16-27-15-18-5-2-1-3-6-18)23-13-17-8-11-24(12-9-17)21(26)19-7-4-10-22-14-19/h1-7,10,14,17H,8-9,11-13,15-16H2,(H,23,25). The number of nitrogens with one attached hydrogen (secondary N) is 1. The fourth-order valence-corrected chi connectivity index (χ4v) is 3.97. The van der Waals surface area contributed by atoms with Crippen LogP contribution < -0.4 is 5.32 Å². The number of hydrogen-bond donors (Lipinski definition) is 1. The minimum atomic E-state index is 0.0443. The summed E-state index contributed by atoms with van der Waals surface area (Å²) < 4.78 is 0. The number of likely N-dealkylation sites (tertiary alicyclic amines) is 1. The van der Waals surface area contributed by atoms with E-state index in [1.165, 1.54) is 5.56 Å². The van der Waals surface area contributed by atoms with E-state index in [1.54, 1.807) is 36.3 Å². The zero-order valence-corrected chi connectivity index (χ0v) is 16.2. The van der Waals surface area contributed by atoms with E-state index in [0.29, 0.717) is 23.8 Å². The van der Waals surface area contributed by atoms with Crippen molar-refractivity contribution in [1.29, 1.82) is 0 Å². The molecule has 1 aliphatic rings. The fourth-order valence-electron chi connectivity index (χ4n) is 3.16. The van der Waals surface area contributed by atoms with Gasteiger partial charge in [-0.2, -0.15) is 0 Å². The molecule has 0 radical (unpaired) electrons. The molecule has 5 nitrogen and oxygen atoms in total. The van der Waals surface area contributed by atoms with Gasteiger partial charge in [-0.15, -0.1) is 11.8 Å². The average Bonchev–Trinajstić information content (AvgIpc) is 2.73. The number of rotatable bonds is 7. The van der Waals surface area contributed by atoms with Crippen LogP contribution in [-0.2, 0) is 10.5 Å². The Balaban J connectivity index is 1.32. The van der Waals surface area contributed by atoms with Crippen LogP contribution in [-0.4, -0.2) is 47.1 Å². The summed E-state index contributed by atoms with van der Waals surface area (Å²) in [4.78, 5) is 30.3. The summed E-state index contributed by atoms with van der Waals surface area (Å²) in [6, 6.07) is 13.8. The Morgan fingerprint density at radius 3 is 2.59 bits per heavy atom. The maximum Gasteiger partial charge on any atom is 0.255 e. The van der Waals surface area contributed by atoms with Crippen molar-refractivity contribution in [2.24, 2.45) is 5.92 Å². The second-order valence-corrected chi connectivity index (χ2v) is 7.75. The van der Waals surface area contributed by atoms with Crippen molar-refractivity contribution >= 4 is 23.6 Å². The van der Waals surface area contributed by atoms with Gasteiger partial charge < -0.3 is 10.2 Å². The lowest BCUT2D eigenvalue weighted by Crippen LogP contribution is -2.41. The first-order valence-electron chi connectivity index (χ1n) is 9.30. The van der Waals surface area contributed by atoms with Crippen LogP contribution >= 0.6 is 11.8 Å². The molecule has 0 saturated carbocycles. The maximum atomic E-state index is 12.4. The number of carbonyl (C=O) groups is 2. The summed E-state index contributed by atoms with van der Waals surface area (Å²) in [5.41, 5.74) is 1.88. The fraction of sp³-hybridized carbons (Fsp3) is 0.381. The zero-order valence-electron chi connectivity index (χ0n) is 15.3. The maximum absolute atomic E-state index is 12.4.